The average molecular weight is 298 g/mol. The highest BCUT2D eigenvalue weighted by Gasteiger charge is 2.14. The smallest absolute Gasteiger partial charge is 0.255 e. The van der Waals surface area contributed by atoms with E-state index in [0.29, 0.717) is 22.9 Å². The van der Waals surface area contributed by atoms with E-state index in [1.54, 1.807) is 25.3 Å². The molecule has 6 heteroatoms. The highest BCUT2D eigenvalue weighted by molar-refractivity contribution is 6.31. The van der Waals surface area contributed by atoms with Gasteiger partial charge < -0.3 is 15.4 Å². The number of rotatable bonds is 5. The van der Waals surface area contributed by atoms with Gasteiger partial charge in [-0.25, -0.2) is 0 Å². The van der Waals surface area contributed by atoms with Crippen molar-refractivity contribution in [1.29, 1.82) is 0 Å². The summed E-state index contributed by atoms with van der Waals surface area (Å²) in [4.78, 5) is 14.5. The molecule has 1 saturated heterocycles. The normalized spacial score (nSPS) is 15.9. The van der Waals surface area contributed by atoms with Crippen molar-refractivity contribution in [3.05, 3.63) is 28.8 Å². The molecule has 1 amide bonds. The molecule has 1 aromatic carbocycles. The van der Waals surface area contributed by atoms with Crippen LogP contribution >= 0.6 is 11.6 Å². The van der Waals surface area contributed by atoms with E-state index in [9.17, 15) is 4.79 Å². The molecule has 1 fully saturated rings. The predicted molar refractivity (Wildman–Crippen MR) is 79.6 cm³/mol. The van der Waals surface area contributed by atoms with E-state index in [4.69, 9.17) is 16.3 Å². The number of piperazine rings is 1. The van der Waals surface area contributed by atoms with Gasteiger partial charge in [-0.1, -0.05) is 11.6 Å². The molecule has 0 aromatic heterocycles. The SMILES string of the molecule is COc1ccc(Cl)cc1C(=O)NCCN1CCNCC1. The molecule has 0 unspecified atom stereocenters. The molecule has 0 atom stereocenters. The van der Waals surface area contributed by atoms with Crippen LogP contribution in [0.3, 0.4) is 0 Å². The molecule has 1 aliphatic rings. The van der Waals surface area contributed by atoms with Crippen LogP contribution in [-0.4, -0.2) is 57.2 Å². The number of nitrogens with one attached hydrogen (secondary N) is 2. The van der Waals surface area contributed by atoms with Gasteiger partial charge in [0, 0.05) is 44.3 Å². The molecule has 20 heavy (non-hydrogen) atoms. The van der Waals surface area contributed by atoms with E-state index in [0.717, 1.165) is 32.7 Å². The van der Waals surface area contributed by atoms with Gasteiger partial charge in [0.05, 0.1) is 12.7 Å². The van der Waals surface area contributed by atoms with Gasteiger partial charge in [0.25, 0.3) is 5.91 Å². The zero-order chi connectivity index (χ0) is 14.4. The van der Waals surface area contributed by atoms with E-state index < -0.39 is 0 Å². The first-order chi connectivity index (χ1) is 9.70. The molecule has 0 saturated carbocycles. The number of hydrogen-bond acceptors (Lipinski definition) is 4. The largest absolute Gasteiger partial charge is 0.496 e. The highest BCUT2D eigenvalue weighted by Crippen LogP contribution is 2.22. The first kappa shape index (κ1) is 15.1. The van der Waals surface area contributed by atoms with Crippen LogP contribution in [0.2, 0.25) is 5.02 Å². The number of carbonyl (C=O) groups excluding carboxylic acids is 1. The van der Waals surface area contributed by atoms with Crippen molar-refractivity contribution >= 4 is 17.5 Å². The van der Waals surface area contributed by atoms with Crippen molar-refractivity contribution in [3.63, 3.8) is 0 Å². The minimum Gasteiger partial charge on any atom is -0.496 e. The highest BCUT2D eigenvalue weighted by atomic mass is 35.5. The molecule has 1 aromatic rings. The molecule has 0 spiro atoms. The van der Waals surface area contributed by atoms with E-state index in [1.165, 1.54) is 0 Å². The number of carbonyl (C=O) groups is 1. The summed E-state index contributed by atoms with van der Waals surface area (Å²) < 4.78 is 5.18. The summed E-state index contributed by atoms with van der Waals surface area (Å²) in [5.41, 5.74) is 0.473. The Bertz CT molecular complexity index is 462. The second kappa shape index (κ2) is 7.47. The van der Waals surface area contributed by atoms with Crippen molar-refractivity contribution in [2.24, 2.45) is 0 Å². The van der Waals surface area contributed by atoms with Gasteiger partial charge in [0.2, 0.25) is 0 Å². The van der Waals surface area contributed by atoms with Crippen molar-refractivity contribution in [3.8, 4) is 5.75 Å². The van der Waals surface area contributed by atoms with Crippen LogP contribution in [0.25, 0.3) is 0 Å². The second-order valence-corrected chi connectivity index (χ2v) is 5.13. The first-order valence-electron chi connectivity index (χ1n) is 6.75. The fourth-order valence-electron chi connectivity index (χ4n) is 2.22. The Hall–Kier alpha value is -1.30. The maximum atomic E-state index is 12.1. The average Bonchev–Trinajstić information content (AvgIpc) is 2.48. The van der Waals surface area contributed by atoms with Crippen LogP contribution in [0.15, 0.2) is 18.2 Å². The first-order valence-corrected chi connectivity index (χ1v) is 7.13. The Morgan fingerprint density at radius 3 is 2.90 bits per heavy atom. The molecule has 0 bridgehead atoms. The maximum absolute atomic E-state index is 12.1. The summed E-state index contributed by atoms with van der Waals surface area (Å²) in [6.45, 7) is 5.55. The van der Waals surface area contributed by atoms with Crippen molar-refractivity contribution < 1.29 is 9.53 Å². The van der Waals surface area contributed by atoms with Crippen molar-refractivity contribution in [2.45, 2.75) is 0 Å². The topological polar surface area (TPSA) is 53.6 Å². The molecule has 110 valence electrons. The standard InChI is InChI=1S/C14H20ClN3O2/c1-20-13-3-2-11(15)10-12(13)14(19)17-6-9-18-7-4-16-5-8-18/h2-3,10,16H,4-9H2,1H3,(H,17,19). The minimum atomic E-state index is -0.153. The fraction of sp³-hybridized carbons (Fsp3) is 0.500. The van der Waals surface area contributed by atoms with Crippen LogP contribution in [0.1, 0.15) is 10.4 Å². The van der Waals surface area contributed by atoms with Crippen LogP contribution in [0.5, 0.6) is 5.75 Å². The lowest BCUT2D eigenvalue weighted by Crippen LogP contribution is -2.46. The number of methoxy groups -OCH3 is 1. The Morgan fingerprint density at radius 1 is 1.45 bits per heavy atom. The van der Waals surface area contributed by atoms with E-state index >= 15 is 0 Å². The third-order valence-electron chi connectivity index (χ3n) is 3.33. The van der Waals surface area contributed by atoms with Crippen LogP contribution < -0.4 is 15.4 Å². The molecule has 0 aliphatic carbocycles. The van der Waals surface area contributed by atoms with Gasteiger partial charge in [-0.2, -0.15) is 0 Å². The monoisotopic (exact) mass is 297 g/mol. The third kappa shape index (κ3) is 4.10. The fourth-order valence-corrected chi connectivity index (χ4v) is 2.39. The zero-order valence-electron chi connectivity index (χ0n) is 11.6. The number of halogens is 1. The van der Waals surface area contributed by atoms with Crippen molar-refractivity contribution in [1.82, 2.24) is 15.5 Å². The maximum Gasteiger partial charge on any atom is 0.255 e. The summed E-state index contributed by atoms with van der Waals surface area (Å²) in [5, 5.41) is 6.74. The molecule has 0 radical (unpaired) electrons. The Morgan fingerprint density at radius 2 is 2.20 bits per heavy atom. The van der Waals surface area contributed by atoms with E-state index in [1.807, 2.05) is 0 Å². The van der Waals surface area contributed by atoms with Crippen LogP contribution in [0.4, 0.5) is 0 Å². The van der Waals surface area contributed by atoms with Gasteiger partial charge in [-0.05, 0) is 18.2 Å². The second-order valence-electron chi connectivity index (χ2n) is 4.69. The molecular formula is C14H20ClN3O2. The number of nitrogens with zero attached hydrogens (tertiary/aromatic N) is 1. The molecular weight excluding hydrogens is 278 g/mol. The molecule has 5 nitrogen and oxygen atoms in total. The predicted octanol–water partition coefficient (Wildman–Crippen LogP) is 0.984. The Balaban J connectivity index is 1.86. The minimum absolute atomic E-state index is 0.153. The lowest BCUT2D eigenvalue weighted by Gasteiger charge is -2.27. The Kier molecular flexibility index (Phi) is 5.64. The number of benzene rings is 1. The summed E-state index contributed by atoms with van der Waals surface area (Å²) in [7, 11) is 1.54. The third-order valence-corrected chi connectivity index (χ3v) is 3.56. The summed E-state index contributed by atoms with van der Waals surface area (Å²) >= 11 is 5.92. The number of ether oxygens (including phenoxy) is 1. The van der Waals surface area contributed by atoms with Crippen molar-refractivity contribution in [2.75, 3.05) is 46.4 Å². The zero-order valence-corrected chi connectivity index (χ0v) is 12.4. The number of hydrogen-bond donors (Lipinski definition) is 2. The molecule has 2 N–H and O–H groups in total. The van der Waals surface area contributed by atoms with Gasteiger partial charge in [0.1, 0.15) is 5.75 Å². The molecule has 1 aliphatic heterocycles. The molecule has 1 heterocycles. The van der Waals surface area contributed by atoms with Gasteiger partial charge in [-0.15, -0.1) is 0 Å². The Labute approximate surface area is 124 Å². The molecule has 2 rings (SSSR count). The lowest BCUT2D eigenvalue weighted by atomic mass is 10.2. The van der Waals surface area contributed by atoms with E-state index in [-0.39, 0.29) is 5.91 Å². The summed E-state index contributed by atoms with van der Waals surface area (Å²) in [6.07, 6.45) is 0. The van der Waals surface area contributed by atoms with Gasteiger partial charge >= 0.3 is 0 Å². The van der Waals surface area contributed by atoms with Gasteiger partial charge in [-0.3, -0.25) is 9.69 Å². The quantitative estimate of drug-likeness (QED) is 0.851. The summed E-state index contributed by atoms with van der Waals surface area (Å²) in [5.74, 6) is 0.383. The van der Waals surface area contributed by atoms with Crippen LogP contribution in [-0.2, 0) is 0 Å². The lowest BCUT2D eigenvalue weighted by molar-refractivity contribution is 0.0944. The number of amides is 1. The van der Waals surface area contributed by atoms with E-state index in [2.05, 4.69) is 15.5 Å². The van der Waals surface area contributed by atoms with Gasteiger partial charge in [0.15, 0.2) is 0 Å². The van der Waals surface area contributed by atoms with Crippen LogP contribution in [0, 0.1) is 0 Å². The summed E-state index contributed by atoms with van der Waals surface area (Å²) in [6, 6.07) is 5.03.